The first-order valence-electron chi connectivity index (χ1n) is 6.39. The molecule has 0 radical (unpaired) electrons. The molecule has 3 N–H and O–H groups in total. The van der Waals surface area contributed by atoms with E-state index in [0.29, 0.717) is 17.7 Å². The molecule has 110 valence electrons. The van der Waals surface area contributed by atoms with Crippen LogP contribution in [0, 0.1) is 24.0 Å². The average Bonchev–Trinajstić information content (AvgIpc) is 2.43. The summed E-state index contributed by atoms with van der Waals surface area (Å²) in [4.78, 5) is 10.5. The first kappa shape index (κ1) is 14.6. The lowest BCUT2D eigenvalue weighted by Gasteiger charge is -2.12. The second kappa shape index (κ2) is 5.70. The summed E-state index contributed by atoms with van der Waals surface area (Å²) < 4.78 is 0. The summed E-state index contributed by atoms with van der Waals surface area (Å²) in [5, 5.41) is 33.2. The van der Waals surface area contributed by atoms with Gasteiger partial charge in [-0.15, -0.1) is 0 Å². The van der Waals surface area contributed by atoms with Crippen molar-refractivity contribution in [3.05, 3.63) is 57.1 Å². The summed E-state index contributed by atoms with van der Waals surface area (Å²) in [5.74, 6) is -0.341. The van der Waals surface area contributed by atoms with Gasteiger partial charge in [-0.2, -0.15) is 0 Å². The number of hydrogen-bond acceptors (Lipinski definition) is 5. The Bertz CT molecular complexity index is 698. The normalized spacial score (nSPS) is 10.4. The molecular weight excluding hydrogens is 272 g/mol. The van der Waals surface area contributed by atoms with Crippen LogP contribution in [0.3, 0.4) is 0 Å². The zero-order valence-electron chi connectivity index (χ0n) is 11.8. The van der Waals surface area contributed by atoms with Gasteiger partial charge in [-0.05, 0) is 31.5 Å². The van der Waals surface area contributed by atoms with Crippen LogP contribution in [0.2, 0.25) is 0 Å². The number of phenolic OH excluding ortho intramolecular Hbond substituents is 2. The van der Waals surface area contributed by atoms with Crippen molar-refractivity contribution in [2.45, 2.75) is 20.4 Å². The van der Waals surface area contributed by atoms with Gasteiger partial charge < -0.3 is 15.5 Å². The zero-order valence-corrected chi connectivity index (χ0v) is 11.8. The monoisotopic (exact) mass is 288 g/mol. The van der Waals surface area contributed by atoms with Crippen molar-refractivity contribution in [3.63, 3.8) is 0 Å². The van der Waals surface area contributed by atoms with Crippen molar-refractivity contribution in [3.8, 4) is 11.5 Å². The van der Waals surface area contributed by atoms with E-state index in [-0.39, 0.29) is 17.2 Å². The van der Waals surface area contributed by atoms with E-state index in [1.165, 1.54) is 12.1 Å². The minimum Gasteiger partial charge on any atom is -0.504 e. The highest BCUT2D eigenvalue weighted by Crippen LogP contribution is 2.30. The van der Waals surface area contributed by atoms with Crippen molar-refractivity contribution in [2.75, 3.05) is 5.32 Å². The van der Waals surface area contributed by atoms with Crippen LogP contribution in [0.15, 0.2) is 30.3 Å². The lowest BCUT2D eigenvalue weighted by molar-refractivity contribution is -0.385. The molecule has 0 atom stereocenters. The second-order valence-electron chi connectivity index (χ2n) is 4.85. The highest BCUT2D eigenvalue weighted by atomic mass is 16.6. The number of anilines is 1. The summed E-state index contributed by atoms with van der Waals surface area (Å²) in [7, 11) is 0. The van der Waals surface area contributed by atoms with Gasteiger partial charge in [0.15, 0.2) is 11.5 Å². The number of para-hydroxylation sites is 1. The highest BCUT2D eigenvalue weighted by Gasteiger charge is 2.13. The predicted octanol–water partition coefficient (Wildman–Crippen LogP) is 3.23. The van der Waals surface area contributed by atoms with E-state index in [4.69, 9.17) is 0 Å². The van der Waals surface area contributed by atoms with Crippen LogP contribution in [-0.2, 0) is 6.54 Å². The van der Waals surface area contributed by atoms with Gasteiger partial charge in [0.05, 0.1) is 4.92 Å². The molecule has 0 amide bonds. The van der Waals surface area contributed by atoms with Gasteiger partial charge in [0, 0.05) is 29.4 Å². The summed E-state index contributed by atoms with van der Waals surface area (Å²) in [6.45, 7) is 3.75. The quantitative estimate of drug-likeness (QED) is 0.456. The number of nitrogens with zero attached hydrogens (tertiary/aromatic N) is 1. The minimum atomic E-state index is -0.410. The number of aromatic hydroxyl groups is 2. The van der Waals surface area contributed by atoms with E-state index in [0.717, 1.165) is 11.3 Å². The van der Waals surface area contributed by atoms with E-state index in [1.807, 2.05) is 0 Å². The molecule has 0 unspecified atom stereocenters. The van der Waals surface area contributed by atoms with Gasteiger partial charge in [-0.25, -0.2) is 0 Å². The fourth-order valence-electron chi connectivity index (χ4n) is 2.10. The van der Waals surface area contributed by atoms with E-state index in [1.54, 1.807) is 32.0 Å². The molecule has 21 heavy (non-hydrogen) atoms. The third kappa shape index (κ3) is 3.05. The Balaban J connectivity index is 2.23. The molecule has 0 spiro atoms. The number of rotatable bonds is 4. The molecule has 0 aliphatic carbocycles. The molecule has 0 saturated carbocycles. The maximum absolute atomic E-state index is 10.9. The molecule has 2 aromatic rings. The molecule has 0 aliphatic heterocycles. The van der Waals surface area contributed by atoms with Crippen molar-refractivity contribution in [1.82, 2.24) is 0 Å². The number of nitrogens with one attached hydrogen (secondary N) is 1. The van der Waals surface area contributed by atoms with Crippen LogP contribution in [0.5, 0.6) is 11.5 Å². The fourth-order valence-corrected chi connectivity index (χ4v) is 2.10. The van der Waals surface area contributed by atoms with Crippen molar-refractivity contribution < 1.29 is 15.1 Å². The number of aryl methyl sites for hydroxylation is 2. The van der Waals surface area contributed by atoms with Crippen LogP contribution in [0.25, 0.3) is 0 Å². The molecule has 0 bridgehead atoms. The number of nitro groups is 1. The third-order valence-electron chi connectivity index (χ3n) is 3.31. The van der Waals surface area contributed by atoms with Gasteiger partial charge in [-0.3, -0.25) is 10.1 Å². The zero-order chi connectivity index (χ0) is 15.6. The van der Waals surface area contributed by atoms with Crippen LogP contribution in [-0.4, -0.2) is 15.1 Å². The van der Waals surface area contributed by atoms with E-state index in [2.05, 4.69) is 5.32 Å². The Morgan fingerprint density at radius 1 is 1.19 bits per heavy atom. The molecule has 0 aromatic heterocycles. The average molecular weight is 288 g/mol. The van der Waals surface area contributed by atoms with Gasteiger partial charge >= 0.3 is 0 Å². The number of nitro benzene ring substituents is 1. The smallest absolute Gasteiger partial charge is 0.272 e. The number of phenols is 2. The molecule has 0 aliphatic rings. The Morgan fingerprint density at radius 3 is 2.57 bits per heavy atom. The van der Waals surface area contributed by atoms with Crippen molar-refractivity contribution in [2.24, 2.45) is 0 Å². The Hall–Kier alpha value is -2.76. The van der Waals surface area contributed by atoms with Gasteiger partial charge in [0.2, 0.25) is 0 Å². The SMILES string of the molecule is Cc1cc([N+](=O)[O-])c(C)cc1NCc1cccc(O)c1O. The highest BCUT2D eigenvalue weighted by molar-refractivity contribution is 5.60. The number of hydrogen-bond donors (Lipinski definition) is 3. The molecular formula is C15H16N2O4. The summed E-state index contributed by atoms with van der Waals surface area (Å²) in [5.41, 5.74) is 2.68. The predicted molar refractivity (Wildman–Crippen MR) is 79.7 cm³/mol. The third-order valence-corrected chi connectivity index (χ3v) is 3.31. The summed E-state index contributed by atoms with van der Waals surface area (Å²) in [6.07, 6.45) is 0. The number of benzene rings is 2. The van der Waals surface area contributed by atoms with Gasteiger partial charge in [0.25, 0.3) is 5.69 Å². The minimum absolute atomic E-state index is 0.0817. The van der Waals surface area contributed by atoms with Crippen LogP contribution < -0.4 is 5.32 Å². The molecule has 6 heteroatoms. The maximum atomic E-state index is 10.9. The first-order valence-corrected chi connectivity index (χ1v) is 6.39. The molecule has 0 heterocycles. The van der Waals surface area contributed by atoms with Crippen molar-refractivity contribution >= 4 is 11.4 Å². The van der Waals surface area contributed by atoms with Crippen molar-refractivity contribution in [1.29, 1.82) is 0 Å². The lowest BCUT2D eigenvalue weighted by Crippen LogP contribution is -2.03. The molecule has 0 fully saturated rings. The molecule has 2 rings (SSSR count). The van der Waals surface area contributed by atoms with Gasteiger partial charge in [-0.1, -0.05) is 12.1 Å². The standard InChI is InChI=1S/C15H16N2O4/c1-9-7-13(17(20)21)10(2)6-12(9)16-8-11-4-3-5-14(18)15(11)19/h3-7,16,18-19H,8H2,1-2H3. The maximum Gasteiger partial charge on any atom is 0.272 e. The lowest BCUT2D eigenvalue weighted by atomic mass is 10.1. The second-order valence-corrected chi connectivity index (χ2v) is 4.85. The fraction of sp³-hybridized carbons (Fsp3) is 0.200. The van der Waals surface area contributed by atoms with Crippen LogP contribution >= 0.6 is 0 Å². The first-order chi connectivity index (χ1) is 9.90. The molecule has 0 saturated heterocycles. The Labute approximate surface area is 121 Å². The Morgan fingerprint density at radius 2 is 1.90 bits per heavy atom. The Kier molecular flexibility index (Phi) is 3.98. The summed E-state index contributed by atoms with van der Waals surface area (Å²) in [6, 6.07) is 7.95. The topological polar surface area (TPSA) is 95.6 Å². The molecule has 2 aromatic carbocycles. The largest absolute Gasteiger partial charge is 0.504 e. The summed E-state index contributed by atoms with van der Waals surface area (Å²) >= 11 is 0. The van der Waals surface area contributed by atoms with E-state index < -0.39 is 4.92 Å². The van der Waals surface area contributed by atoms with E-state index >= 15 is 0 Å². The van der Waals surface area contributed by atoms with Crippen LogP contribution in [0.1, 0.15) is 16.7 Å². The van der Waals surface area contributed by atoms with Crippen LogP contribution in [0.4, 0.5) is 11.4 Å². The van der Waals surface area contributed by atoms with Gasteiger partial charge in [0.1, 0.15) is 0 Å². The van der Waals surface area contributed by atoms with E-state index in [9.17, 15) is 20.3 Å². The molecule has 6 nitrogen and oxygen atoms in total.